The van der Waals surface area contributed by atoms with Gasteiger partial charge in [-0.2, -0.15) is 0 Å². The van der Waals surface area contributed by atoms with Crippen molar-refractivity contribution >= 4 is 23.2 Å². The van der Waals surface area contributed by atoms with Gasteiger partial charge in [0.15, 0.2) is 0 Å². The molecule has 1 aromatic heterocycles. The molecule has 0 aliphatic rings. The van der Waals surface area contributed by atoms with E-state index in [4.69, 9.17) is 4.42 Å². The zero-order chi connectivity index (χ0) is 22.4. The molecule has 0 unspecified atom stereocenters. The summed E-state index contributed by atoms with van der Waals surface area (Å²) in [6.45, 7) is 2.32. The second kappa shape index (κ2) is 9.93. The quantitative estimate of drug-likeness (QED) is 0.572. The number of hydrogen-bond donors (Lipinski definition) is 1. The van der Waals surface area contributed by atoms with Crippen LogP contribution in [-0.4, -0.2) is 30.8 Å². The van der Waals surface area contributed by atoms with Crippen LogP contribution in [0.1, 0.15) is 35.0 Å². The van der Waals surface area contributed by atoms with E-state index in [2.05, 4.69) is 5.32 Å². The fraction of sp³-hybridized carbons (Fsp3) is 0.250. The fourth-order valence-electron chi connectivity index (χ4n) is 3.25. The number of amides is 2. The number of rotatable bonds is 8. The largest absolute Gasteiger partial charge is 0.467 e. The normalized spacial score (nSPS) is 10.6. The first-order chi connectivity index (χ1) is 14.9. The second-order valence-corrected chi connectivity index (χ2v) is 7.39. The number of halogens is 1. The van der Waals surface area contributed by atoms with Gasteiger partial charge in [0.05, 0.1) is 12.8 Å². The summed E-state index contributed by atoms with van der Waals surface area (Å²) in [5.74, 6) is -0.0943. The van der Waals surface area contributed by atoms with Crippen LogP contribution in [0.4, 0.5) is 15.8 Å². The van der Waals surface area contributed by atoms with Crippen molar-refractivity contribution in [1.29, 1.82) is 0 Å². The fourth-order valence-corrected chi connectivity index (χ4v) is 3.25. The smallest absolute Gasteiger partial charge is 0.254 e. The Labute approximate surface area is 181 Å². The predicted octanol–water partition coefficient (Wildman–Crippen LogP) is 4.68. The van der Waals surface area contributed by atoms with Crippen molar-refractivity contribution in [3.63, 3.8) is 0 Å². The van der Waals surface area contributed by atoms with Crippen LogP contribution in [-0.2, 0) is 17.9 Å². The molecule has 0 aliphatic carbocycles. The summed E-state index contributed by atoms with van der Waals surface area (Å²) in [6.07, 6.45) is 1.93. The maximum Gasteiger partial charge on any atom is 0.254 e. The molecule has 0 saturated heterocycles. The van der Waals surface area contributed by atoms with Crippen molar-refractivity contribution in [2.24, 2.45) is 0 Å². The third kappa shape index (κ3) is 5.72. The Kier molecular flexibility index (Phi) is 7.07. The molecule has 2 aromatic carbocycles. The molecule has 0 radical (unpaired) electrons. The van der Waals surface area contributed by atoms with E-state index >= 15 is 0 Å². The van der Waals surface area contributed by atoms with Crippen molar-refractivity contribution in [1.82, 2.24) is 4.90 Å². The van der Waals surface area contributed by atoms with Gasteiger partial charge in [-0.3, -0.25) is 9.59 Å². The number of anilines is 2. The highest BCUT2D eigenvalue weighted by molar-refractivity contribution is 5.94. The summed E-state index contributed by atoms with van der Waals surface area (Å²) < 4.78 is 18.8. The van der Waals surface area contributed by atoms with Gasteiger partial charge < -0.3 is 19.5 Å². The van der Waals surface area contributed by atoms with Crippen LogP contribution < -0.4 is 10.2 Å². The molecule has 0 spiro atoms. The van der Waals surface area contributed by atoms with E-state index in [1.807, 2.05) is 37.2 Å². The number of hydrogen-bond acceptors (Lipinski definition) is 4. The van der Waals surface area contributed by atoms with E-state index < -0.39 is 5.82 Å². The standard InChI is InChI=1S/C24H26FN3O3/c1-4-23(29)26-20-11-12-22(27(2)3)18(14-20)15-28(16-21-6-5-13-31-21)24(30)17-7-9-19(25)10-8-17/h5-14H,4,15-16H2,1-3H3,(H,26,29). The van der Waals surface area contributed by atoms with Gasteiger partial charge in [0, 0.05) is 44.0 Å². The molecule has 1 N–H and O–H groups in total. The van der Waals surface area contributed by atoms with E-state index in [1.54, 1.807) is 30.2 Å². The van der Waals surface area contributed by atoms with Gasteiger partial charge in [-0.05, 0) is 60.2 Å². The van der Waals surface area contributed by atoms with Crippen LogP contribution in [0, 0.1) is 5.82 Å². The van der Waals surface area contributed by atoms with Crippen LogP contribution in [0.2, 0.25) is 0 Å². The second-order valence-electron chi connectivity index (χ2n) is 7.39. The molecular formula is C24H26FN3O3. The molecule has 0 saturated carbocycles. The average molecular weight is 423 g/mol. The number of carbonyl (C=O) groups excluding carboxylic acids is 2. The van der Waals surface area contributed by atoms with Crippen molar-refractivity contribution in [2.75, 3.05) is 24.3 Å². The molecule has 0 bridgehead atoms. The van der Waals surface area contributed by atoms with Gasteiger partial charge in [0.25, 0.3) is 5.91 Å². The lowest BCUT2D eigenvalue weighted by atomic mass is 10.1. The van der Waals surface area contributed by atoms with E-state index in [1.165, 1.54) is 24.3 Å². The zero-order valence-electron chi connectivity index (χ0n) is 17.9. The molecule has 0 fully saturated rings. The molecule has 0 aliphatic heterocycles. The van der Waals surface area contributed by atoms with Gasteiger partial charge in [-0.1, -0.05) is 6.92 Å². The molecule has 6 nitrogen and oxygen atoms in total. The Balaban J connectivity index is 1.95. The highest BCUT2D eigenvalue weighted by atomic mass is 19.1. The van der Waals surface area contributed by atoms with Crippen LogP contribution >= 0.6 is 0 Å². The third-order valence-corrected chi connectivity index (χ3v) is 4.83. The molecule has 3 aromatic rings. The summed E-state index contributed by atoms with van der Waals surface area (Å²) in [5.41, 5.74) is 2.83. The van der Waals surface area contributed by atoms with Crippen LogP contribution in [0.3, 0.4) is 0 Å². The van der Waals surface area contributed by atoms with Gasteiger partial charge in [-0.25, -0.2) is 4.39 Å². The molecule has 31 heavy (non-hydrogen) atoms. The summed E-state index contributed by atoms with van der Waals surface area (Å²) in [4.78, 5) is 28.7. The Morgan fingerprint density at radius 2 is 1.77 bits per heavy atom. The van der Waals surface area contributed by atoms with Crippen molar-refractivity contribution < 1.29 is 18.4 Å². The lowest BCUT2D eigenvalue weighted by Crippen LogP contribution is -2.30. The lowest BCUT2D eigenvalue weighted by Gasteiger charge is -2.26. The van der Waals surface area contributed by atoms with Crippen molar-refractivity contribution in [3.8, 4) is 0 Å². The monoisotopic (exact) mass is 423 g/mol. The Morgan fingerprint density at radius 1 is 1.03 bits per heavy atom. The molecule has 1 heterocycles. The first kappa shape index (κ1) is 22.1. The first-order valence-electron chi connectivity index (χ1n) is 10.0. The Hall–Kier alpha value is -3.61. The third-order valence-electron chi connectivity index (χ3n) is 4.83. The minimum absolute atomic E-state index is 0.0848. The summed E-state index contributed by atoms with van der Waals surface area (Å²) in [6, 6.07) is 14.7. The molecule has 0 atom stereocenters. The van der Waals surface area contributed by atoms with Crippen molar-refractivity contribution in [3.05, 3.63) is 83.6 Å². The van der Waals surface area contributed by atoms with Crippen molar-refractivity contribution in [2.45, 2.75) is 26.4 Å². The summed E-state index contributed by atoms with van der Waals surface area (Å²) >= 11 is 0. The predicted molar refractivity (Wildman–Crippen MR) is 118 cm³/mol. The summed E-state index contributed by atoms with van der Waals surface area (Å²) in [5, 5.41) is 2.86. The number of benzene rings is 2. The maximum absolute atomic E-state index is 13.3. The molecular weight excluding hydrogens is 397 g/mol. The Morgan fingerprint density at radius 3 is 2.39 bits per heavy atom. The van der Waals surface area contributed by atoms with Crippen LogP contribution in [0.15, 0.2) is 65.3 Å². The average Bonchev–Trinajstić information content (AvgIpc) is 3.26. The van der Waals surface area contributed by atoms with E-state index in [9.17, 15) is 14.0 Å². The maximum atomic E-state index is 13.3. The van der Waals surface area contributed by atoms with Gasteiger partial charge >= 0.3 is 0 Å². The molecule has 2 amide bonds. The SMILES string of the molecule is CCC(=O)Nc1ccc(N(C)C)c(CN(Cc2ccco2)C(=O)c2ccc(F)cc2)c1. The number of nitrogens with zero attached hydrogens (tertiary/aromatic N) is 2. The minimum atomic E-state index is -0.400. The molecule has 7 heteroatoms. The zero-order valence-corrected chi connectivity index (χ0v) is 17.9. The first-order valence-corrected chi connectivity index (χ1v) is 10.0. The van der Waals surface area contributed by atoms with Crippen LogP contribution in [0.25, 0.3) is 0 Å². The number of furan rings is 1. The minimum Gasteiger partial charge on any atom is -0.467 e. The van der Waals surface area contributed by atoms with E-state index in [0.717, 1.165) is 11.3 Å². The van der Waals surface area contributed by atoms with E-state index in [0.29, 0.717) is 23.4 Å². The number of nitrogens with one attached hydrogen (secondary N) is 1. The molecule has 3 rings (SSSR count). The topological polar surface area (TPSA) is 65.8 Å². The van der Waals surface area contributed by atoms with Gasteiger partial charge in [0.2, 0.25) is 5.91 Å². The highest BCUT2D eigenvalue weighted by Gasteiger charge is 2.20. The van der Waals surface area contributed by atoms with Gasteiger partial charge in [0.1, 0.15) is 11.6 Å². The van der Waals surface area contributed by atoms with Crippen LogP contribution in [0.5, 0.6) is 0 Å². The highest BCUT2D eigenvalue weighted by Crippen LogP contribution is 2.26. The number of carbonyl (C=O) groups is 2. The van der Waals surface area contributed by atoms with Gasteiger partial charge in [-0.15, -0.1) is 0 Å². The summed E-state index contributed by atoms with van der Waals surface area (Å²) in [7, 11) is 3.84. The lowest BCUT2D eigenvalue weighted by molar-refractivity contribution is -0.115. The molecule has 162 valence electrons. The van der Waals surface area contributed by atoms with E-state index in [-0.39, 0.29) is 24.9 Å². The Bertz CT molecular complexity index is 1030.